The molecule has 3 aromatic rings. The molecule has 0 unspecified atom stereocenters. The lowest BCUT2D eigenvalue weighted by molar-refractivity contribution is -0.141. The summed E-state index contributed by atoms with van der Waals surface area (Å²) in [5, 5.41) is 3.32. The van der Waals surface area contributed by atoms with Crippen LogP contribution in [0.2, 0.25) is 0 Å². The van der Waals surface area contributed by atoms with Crippen LogP contribution < -0.4 is 5.32 Å². The molecule has 37 heavy (non-hydrogen) atoms. The quantitative estimate of drug-likeness (QED) is 0.381. The minimum Gasteiger partial charge on any atom is -0.352 e. The van der Waals surface area contributed by atoms with Crippen molar-refractivity contribution in [3.8, 4) is 0 Å². The Morgan fingerprint density at radius 2 is 1.51 bits per heavy atom. The summed E-state index contributed by atoms with van der Waals surface area (Å²) in [5.74, 6) is -0.0657. The Balaban J connectivity index is 1.67. The molecule has 4 nitrogen and oxygen atoms in total. The maximum Gasteiger partial charge on any atom is 0.243 e. The lowest BCUT2D eigenvalue weighted by Gasteiger charge is -2.34. The van der Waals surface area contributed by atoms with E-state index in [1.807, 2.05) is 53.4 Å². The zero-order valence-corrected chi connectivity index (χ0v) is 22.5. The van der Waals surface area contributed by atoms with Crippen molar-refractivity contribution in [2.45, 2.75) is 84.3 Å². The van der Waals surface area contributed by atoms with Crippen molar-refractivity contribution in [2.24, 2.45) is 0 Å². The van der Waals surface area contributed by atoms with Crippen molar-refractivity contribution in [1.82, 2.24) is 10.2 Å². The Morgan fingerprint density at radius 3 is 2.22 bits per heavy atom. The Morgan fingerprint density at radius 1 is 0.811 bits per heavy atom. The van der Waals surface area contributed by atoms with E-state index in [-0.39, 0.29) is 24.3 Å². The molecule has 1 N–H and O–H groups in total. The van der Waals surface area contributed by atoms with E-state index in [9.17, 15) is 9.59 Å². The molecule has 3 aromatic carbocycles. The van der Waals surface area contributed by atoms with Crippen LogP contribution in [0.1, 0.15) is 65.5 Å². The first-order chi connectivity index (χ1) is 17.9. The summed E-state index contributed by atoms with van der Waals surface area (Å²) in [6, 6.07) is 24.0. The van der Waals surface area contributed by atoms with Gasteiger partial charge >= 0.3 is 0 Å². The van der Waals surface area contributed by atoms with Gasteiger partial charge in [-0.1, -0.05) is 92.1 Å². The molecule has 0 spiro atoms. The Bertz CT molecular complexity index is 1200. The highest BCUT2D eigenvalue weighted by Gasteiger charge is 2.32. The molecular formula is C33H40N2O2. The van der Waals surface area contributed by atoms with E-state index < -0.39 is 6.04 Å². The first-order valence-electron chi connectivity index (χ1n) is 13.6. The first-order valence-corrected chi connectivity index (χ1v) is 13.6. The molecule has 0 aliphatic heterocycles. The van der Waals surface area contributed by atoms with Crippen LogP contribution in [0.15, 0.2) is 72.8 Å². The Labute approximate surface area is 222 Å². The van der Waals surface area contributed by atoms with Crippen molar-refractivity contribution in [3.63, 3.8) is 0 Å². The van der Waals surface area contributed by atoms with Gasteiger partial charge in [-0.3, -0.25) is 9.59 Å². The van der Waals surface area contributed by atoms with Crippen molar-refractivity contribution in [3.05, 3.63) is 106 Å². The molecule has 1 atom stereocenters. The van der Waals surface area contributed by atoms with Gasteiger partial charge in [0.2, 0.25) is 11.8 Å². The second-order valence-corrected chi connectivity index (χ2v) is 10.6. The fourth-order valence-electron chi connectivity index (χ4n) is 5.26. The molecule has 1 aliphatic carbocycles. The fraction of sp³-hybridized carbons (Fsp3) is 0.394. The first kappa shape index (κ1) is 26.7. The molecule has 1 saturated carbocycles. The lowest BCUT2D eigenvalue weighted by atomic mass is 9.94. The lowest BCUT2D eigenvalue weighted by Crippen LogP contribution is -2.53. The second-order valence-electron chi connectivity index (χ2n) is 10.6. The van der Waals surface area contributed by atoms with Crippen LogP contribution in [-0.2, 0) is 29.0 Å². The molecule has 1 fully saturated rings. The molecule has 4 rings (SSSR count). The molecule has 2 amide bonds. The van der Waals surface area contributed by atoms with Crippen LogP contribution in [-0.4, -0.2) is 28.8 Å². The van der Waals surface area contributed by atoms with Crippen LogP contribution >= 0.6 is 0 Å². The van der Waals surface area contributed by atoms with Crippen molar-refractivity contribution >= 4 is 11.8 Å². The van der Waals surface area contributed by atoms with E-state index in [0.29, 0.717) is 13.0 Å². The summed E-state index contributed by atoms with van der Waals surface area (Å²) in [5.41, 5.74) is 6.61. The largest absolute Gasteiger partial charge is 0.352 e. The van der Waals surface area contributed by atoms with E-state index in [0.717, 1.165) is 47.9 Å². The van der Waals surface area contributed by atoms with Gasteiger partial charge in [-0.05, 0) is 67.0 Å². The third-order valence-corrected chi connectivity index (χ3v) is 7.75. The number of rotatable bonds is 9. The Kier molecular flexibility index (Phi) is 9.16. The standard InChI is InChI=1S/C33H40N2O2/c1-24-18-19-28(20-26(24)3)22-32(36)35(23-29-15-11-10-12-25(29)2)31(21-27-13-6-4-7-14-27)33(37)34-30-16-8-5-9-17-30/h4,6-7,10-15,18-20,30-31H,5,8-9,16-17,21-23H2,1-3H3,(H,34,37)/t31-/m1/s1. The summed E-state index contributed by atoms with van der Waals surface area (Å²) in [4.78, 5) is 29.7. The van der Waals surface area contributed by atoms with Gasteiger partial charge in [-0.25, -0.2) is 0 Å². The number of hydrogen-bond donors (Lipinski definition) is 1. The average Bonchev–Trinajstić information content (AvgIpc) is 2.90. The number of nitrogens with one attached hydrogen (secondary N) is 1. The summed E-state index contributed by atoms with van der Waals surface area (Å²) >= 11 is 0. The van der Waals surface area contributed by atoms with Crippen LogP contribution in [0.4, 0.5) is 0 Å². The van der Waals surface area contributed by atoms with Gasteiger partial charge in [-0.2, -0.15) is 0 Å². The second kappa shape index (κ2) is 12.7. The number of amides is 2. The average molecular weight is 497 g/mol. The van der Waals surface area contributed by atoms with Crippen LogP contribution in [0.3, 0.4) is 0 Å². The normalized spacial score (nSPS) is 14.7. The van der Waals surface area contributed by atoms with Gasteiger partial charge in [0, 0.05) is 19.0 Å². The van der Waals surface area contributed by atoms with Crippen molar-refractivity contribution < 1.29 is 9.59 Å². The highest BCUT2D eigenvalue weighted by atomic mass is 16.2. The molecule has 4 heteroatoms. The zero-order chi connectivity index (χ0) is 26.2. The van der Waals surface area contributed by atoms with Gasteiger partial charge in [0.1, 0.15) is 6.04 Å². The summed E-state index contributed by atoms with van der Waals surface area (Å²) in [6.07, 6.45) is 6.31. The number of aryl methyl sites for hydroxylation is 3. The predicted octanol–water partition coefficient (Wildman–Crippen LogP) is 6.24. The molecule has 0 bridgehead atoms. The third kappa shape index (κ3) is 7.31. The number of hydrogen-bond acceptors (Lipinski definition) is 2. The maximum atomic E-state index is 14.0. The van der Waals surface area contributed by atoms with E-state index in [1.54, 1.807) is 0 Å². The van der Waals surface area contributed by atoms with E-state index in [2.05, 4.69) is 50.4 Å². The smallest absolute Gasteiger partial charge is 0.243 e. The molecule has 0 saturated heterocycles. The fourth-order valence-corrected chi connectivity index (χ4v) is 5.26. The molecular weight excluding hydrogens is 456 g/mol. The van der Waals surface area contributed by atoms with Gasteiger partial charge in [0.05, 0.1) is 6.42 Å². The summed E-state index contributed by atoms with van der Waals surface area (Å²) in [6.45, 7) is 6.63. The summed E-state index contributed by atoms with van der Waals surface area (Å²) < 4.78 is 0. The van der Waals surface area contributed by atoms with Crippen LogP contribution in [0.25, 0.3) is 0 Å². The topological polar surface area (TPSA) is 49.4 Å². The highest BCUT2D eigenvalue weighted by Crippen LogP contribution is 2.21. The highest BCUT2D eigenvalue weighted by molar-refractivity contribution is 5.89. The SMILES string of the molecule is Cc1ccc(CC(=O)N(Cc2ccccc2C)[C@H](Cc2ccccc2)C(=O)NC2CCCCC2)cc1C. The van der Waals surface area contributed by atoms with E-state index >= 15 is 0 Å². The molecule has 0 heterocycles. The summed E-state index contributed by atoms with van der Waals surface area (Å²) in [7, 11) is 0. The maximum absolute atomic E-state index is 14.0. The number of carbonyl (C=O) groups excluding carboxylic acids is 2. The van der Waals surface area contributed by atoms with E-state index in [1.165, 1.54) is 17.5 Å². The van der Waals surface area contributed by atoms with Crippen molar-refractivity contribution in [2.75, 3.05) is 0 Å². The molecule has 0 radical (unpaired) electrons. The van der Waals surface area contributed by atoms with Gasteiger partial charge in [-0.15, -0.1) is 0 Å². The zero-order valence-electron chi connectivity index (χ0n) is 22.5. The van der Waals surface area contributed by atoms with Crippen LogP contribution in [0.5, 0.6) is 0 Å². The monoisotopic (exact) mass is 496 g/mol. The third-order valence-electron chi connectivity index (χ3n) is 7.75. The Hall–Kier alpha value is -3.40. The number of nitrogens with zero attached hydrogens (tertiary/aromatic N) is 1. The number of benzene rings is 3. The van der Waals surface area contributed by atoms with Gasteiger partial charge in [0.25, 0.3) is 0 Å². The molecule has 0 aromatic heterocycles. The van der Waals surface area contributed by atoms with Gasteiger partial charge < -0.3 is 10.2 Å². The predicted molar refractivity (Wildman–Crippen MR) is 150 cm³/mol. The van der Waals surface area contributed by atoms with Crippen LogP contribution in [0, 0.1) is 20.8 Å². The molecule has 194 valence electrons. The van der Waals surface area contributed by atoms with Crippen molar-refractivity contribution in [1.29, 1.82) is 0 Å². The minimum absolute atomic E-state index is 0.0220. The number of carbonyl (C=O) groups is 2. The molecule has 1 aliphatic rings. The van der Waals surface area contributed by atoms with Gasteiger partial charge in [0.15, 0.2) is 0 Å². The minimum atomic E-state index is -0.581. The van der Waals surface area contributed by atoms with E-state index in [4.69, 9.17) is 0 Å².